The zero-order chi connectivity index (χ0) is 20.2. The molecule has 27 heavy (non-hydrogen) atoms. The van der Waals surface area contributed by atoms with E-state index >= 15 is 0 Å². The molecule has 1 aromatic rings. The van der Waals surface area contributed by atoms with E-state index in [1.807, 2.05) is 59.1 Å². The highest BCUT2D eigenvalue weighted by atomic mass is 16.6. The third-order valence-corrected chi connectivity index (χ3v) is 4.62. The molecule has 1 aliphatic rings. The Kier molecular flexibility index (Phi) is 6.93. The minimum absolute atomic E-state index is 0.298. The number of ether oxygens (including phenoxy) is 2. The van der Waals surface area contributed by atoms with Crippen LogP contribution in [0.3, 0.4) is 0 Å². The number of allylic oxidation sites excluding steroid dienone is 1. The minimum atomic E-state index is -0.518. The van der Waals surface area contributed by atoms with Crippen LogP contribution >= 0.6 is 0 Å². The highest BCUT2D eigenvalue weighted by Gasteiger charge is 2.29. The predicted octanol–water partition coefficient (Wildman–Crippen LogP) is 4.63. The molecule has 1 amide bonds. The van der Waals surface area contributed by atoms with Gasteiger partial charge in [-0.25, -0.2) is 4.79 Å². The molecule has 0 aromatic heterocycles. The zero-order valence-electron chi connectivity index (χ0n) is 17.8. The van der Waals surface area contributed by atoms with Gasteiger partial charge in [0.2, 0.25) is 0 Å². The van der Waals surface area contributed by atoms with Crippen molar-refractivity contribution in [1.29, 1.82) is 0 Å². The van der Waals surface area contributed by atoms with Crippen molar-refractivity contribution in [3.05, 3.63) is 35.9 Å². The minimum Gasteiger partial charge on any atom is -0.492 e. The van der Waals surface area contributed by atoms with Gasteiger partial charge in [-0.05, 0) is 66.3 Å². The second kappa shape index (κ2) is 8.79. The average Bonchev–Trinajstić information content (AvgIpc) is 2.58. The van der Waals surface area contributed by atoms with E-state index < -0.39 is 5.60 Å². The van der Waals surface area contributed by atoms with Crippen LogP contribution in [0.2, 0.25) is 0 Å². The number of hydrogen-bond donors (Lipinski definition) is 0. The van der Waals surface area contributed by atoms with Crippen LogP contribution in [-0.4, -0.2) is 54.8 Å². The molecule has 1 heterocycles. The molecule has 0 radical (unpaired) electrons. The van der Waals surface area contributed by atoms with Crippen LogP contribution in [0.15, 0.2) is 30.3 Å². The number of hydrogen-bond acceptors (Lipinski definition) is 4. The number of likely N-dealkylation sites (N-methyl/N-ethyl adjacent to an activating group) is 1. The van der Waals surface area contributed by atoms with Crippen molar-refractivity contribution in [1.82, 2.24) is 9.80 Å². The molecule has 0 bridgehead atoms. The molecule has 2 rings (SSSR count). The van der Waals surface area contributed by atoms with Crippen LogP contribution in [-0.2, 0) is 4.74 Å². The Balaban J connectivity index is 2.20. The van der Waals surface area contributed by atoms with E-state index in [1.54, 1.807) is 4.90 Å². The van der Waals surface area contributed by atoms with Gasteiger partial charge in [0.15, 0.2) is 0 Å². The lowest BCUT2D eigenvalue weighted by atomic mass is 9.98. The lowest BCUT2D eigenvalue weighted by Gasteiger charge is -2.34. The third kappa shape index (κ3) is 6.28. The number of nitrogens with zero attached hydrogens (tertiary/aromatic N) is 2. The molecule has 0 saturated carbocycles. The Hall–Kier alpha value is -2.01. The molecule has 150 valence electrons. The van der Waals surface area contributed by atoms with Crippen molar-refractivity contribution in [2.45, 2.75) is 52.7 Å². The average molecular weight is 375 g/mol. The normalized spacial score (nSPS) is 18.9. The van der Waals surface area contributed by atoms with E-state index in [4.69, 9.17) is 9.47 Å². The van der Waals surface area contributed by atoms with E-state index in [1.165, 1.54) is 0 Å². The van der Waals surface area contributed by atoms with Gasteiger partial charge in [-0.2, -0.15) is 0 Å². The molecule has 5 nitrogen and oxygen atoms in total. The van der Waals surface area contributed by atoms with Gasteiger partial charge < -0.3 is 14.4 Å². The van der Waals surface area contributed by atoms with Crippen molar-refractivity contribution in [3.63, 3.8) is 0 Å². The molecule has 0 saturated heterocycles. The number of rotatable bonds is 5. The number of benzene rings is 1. The van der Waals surface area contributed by atoms with Gasteiger partial charge in [-0.3, -0.25) is 4.90 Å². The predicted molar refractivity (Wildman–Crippen MR) is 110 cm³/mol. The maximum absolute atomic E-state index is 12.7. The van der Waals surface area contributed by atoms with Crippen molar-refractivity contribution in [2.24, 2.45) is 5.92 Å². The van der Waals surface area contributed by atoms with E-state index in [0.29, 0.717) is 25.1 Å². The standard InChI is InChI=1S/C22H34N2O3/c1-16-11-12-20(24(14-16)21(25)27-22(3,4)5)18-9-8-10-19(13-18)26-15-17(2)23(6)7/h8-10,12-13,16-17H,11,14-15H2,1-7H3/t16?,17-/m0/s1. The third-order valence-electron chi connectivity index (χ3n) is 4.62. The molecule has 1 unspecified atom stereocenters. The Morgan fingerprint density at radius 2 is 2.04 bits per heavy atom. The molecule has 0 spiro atoms. The summed E-state index contributed by atoms with van der Waals surface area (Å²) in [6.07, 6.45) is 2.77. The quantitative estimate of drug-likeness (QED) is 0.753. The molecule has 1 aliphatic heterocycles. The maximum Gasteiger partial charge on any atom is 0.414 e. The van der Waals surface area contributed by atoms with Crippen molar-refractivity contribution in [3.8, 4) is 5.75 Å². The summed E-state index contributed by atoms with van der Waals surface area (Å²) in [7, 11) is 4.08. The first kappa shape index (κ1) is 21.3. The molecular weight excluding hydrogens is 340 g/mol. The summed E-state index contributed by atoms with van der Waals surface area (Å²) in [4.78, 5) is 16.6. The van der Waals surface area contributed by atoms with Gasteiger partial charge >= 0.3 is 6.09 Å². The van der Waals surface area contributed by atoms with Gasteiger partial charge in [0.05, 0.1) is 5.70 Å². The Labute approximate surface area is 163 Å². The Morgan fingerprint density at radius 3 is 2.67 bits per heavy atom. The van der Waals surface area contributed by atoms with E-state index in [0.717, 1.165) is 23.4 Å². The summed E-state index contributed by atoms with van der Waals surface area (Å²) in [5.41, 5.74) is 1.35. The summed E-state index contributed by atoms with van der Waals surface area (Å²) in [5.74, 6) is 1.21. The number of amides is 1. The Bertz CT molecular complexity index is 676. The zero-order valence-corrected chi connectivity index (χ0v) is 17.8. The highest BCUT2D eigenvalue weighted by Crippen LogP contribution is 2.31. The number of carbonyl (C=O) groups excluding carboxylic acids is 1. The molecular formula is C22H34N2O3. The lowest BCUT2D eigenvalue weighted by Crippen LogP contribution is -2.39. The second-order valence-corrected chi connectivity index (χ2v) is 8.67. The SMILES string of the molecule is CC1CC=C(c2cccc(OC[C@H](C)N(C)C)c2)N(C(=O)OC(C)(C)C)C1. The van der Waals surface area contributed by atoms with Crippen molar-refractivity contribution >= 4 is 11.8 Å². The van der Waals surface area contributed by atoms with Crippen LogP contribution in [0, 0.1) is 5.92 Å². The van der Waals surface area contributed by atoms with Crippen LogP contribution in [0.4, 0.5) is 4.79 Å². The van der Waals surface area contributed by atoms with Crippen LogP contribution < -0.4 is 4.74 Å². The van der Waals surface area contributed by atoms with Crippen molar-refractivity contribution < 1.29 is 14.3 Å². The molecule has 0 N–H and O–H groups in total. The first-order chi connectivity index (χ1) is 12.6. The topological polar surface area (TPSA) is 42.0 Å². The largest absolute Gasteiger partial charge is 0.492 e. The van der Waals surface area contributed by atoms with Crippen LogP contribution in [0.5, 0.6) is 5.75 Å². The molecule has 0 fully saturated rings. The van der Waals surface area contributed by atoms with Gasteiger partial charge in [-0.1, -0.05) is 25.1 Å². The monoisotopic (exact) mass is 374 g/mol. The van der Waals surface area contributed by atoms with Gasteiger partial charge in [-0.15, -0.1) is 0 Å². The van der Waals surface area contributed by atoms with E-state index in [9.17, 15) is 4.79 Å². The van der Waals surface area contributed by atoms with Gasteiger partial charge in [0, 0.05) is 18.2 Å². The van der Waals surface area contributed by atoms with E-state index in [-0.39, 0.29) is 6.09 Å². The van der Waals surface area contributed by atoms with Gasteiger partial charge in [0.25, 0.3) is 0 Å². The number of carbonyl (C=O) groups is 1. The fourth-order valence-electron chi connectivity index (χ4n) is 2.78. The molecule has 1 aromatic carbocycles. The first-order valence-electron chi connectivity index (χ1n) is 9.67. The smallest absolute Gasteiger partial charge is 0.414 e. The van der Waals surface area contributed by atoms with E-state index in [2.05, 4.69) is 24.8 Å². The van der Waals surface area contributed by atoms with Crippen molar-refractivity contribution in [2.75, 3.05) is 27.2 Å². The Morgan fingerprint density at radius 1 is 1.33 bits per heavy atom. The summed E-state index contributed by atoms with van der Waals surface area (Å²) >= 11 is 0. The highest BCUT2D eigenvalue weighted by molar-refractivity contribution is 5.83. The summed E-state index contributed by atoms with van der Waals surface area (Å²) in [6.45, 7) is 11.2. The summed E-state index contributed by atoms with van der Waals surface area (Å²) in [5, 5.41) is 0. The lowest BCUT2D eigenvalue weighted by molar-refractivity contribution is 0.0327. The van der Waals surface area contributed by atoms with Crippen LogP contribution in [0.1, 0.15) is 46.6 Å². The van der Waals surface area contributed by atoms with Crippen LogP contribution in [0.25, 0.3) is 5.70 Å². The fraction of sp³-hybridized carbons (Fsp3) is 0.591. The van der Waals surface area contributed by atoms with Gasteiger partial charge in [0.1, 0.15) is 18.0 Å². The summed E-state index contributed by atoms with van der Waals surface area (Å²) in [6, 6.07) is 8.26. The summed E-state index contributed by atoms with van der Waals surface area (Å²) < 4.78 is 11.6. The second-order valence-electron chi connectivity index (χ2n) is 8.67. The molecule has 0 aliphatic carbocycles. The first-order valence-corrected chi connectivity index (χ1v) is 9.67. The maximum atomic E-state index is 12.7. The molecule has 2 atom stereocenters. The molecule has 5 heteroatoms. The fourth-order valence-corrected chi connectivity index (χ4v) is 2.78.